The number of rotatable bonds is 4. The van der Waals surface area contributed by atoms with Crippen LogP contribution in [0.4, 0.5) is 15.8 Å². The van der Waals surface area contributed by atoms with Crippen LogP contribution < -0.4 is 10.6 Å². The van der Waals surface area contributed by atoms with Gasteiger partial charge in [0, 0.05) is 12.2 Å². The van der Waals surface area contributed by atoms with Crippen molar-refractivity contribution in [3.63, 3.8) is 0 Å². The van der Waals surface area contributed by atoms with Crippen molar-refractivity contribution < 1.29 is 9.18 Å². The van der Waals surface area contributed by atoms with Crippen molar-refractivity contribution in [2.45, 2.75) is 18.9 Å². The zero-order valence-electron chi connectivity index (χ0n) is 12.2. The van der Waals surface area contributed by atoms with E-state index in [1.54, 1.807) is 30.5 Å². The minimum Gasteiger partial charge on any atom is -0.381 e. The van der Waals surface area contributed by atoms with Crippen molar-refractivity contribution in [3.8, 4) is 0 Å². The smallest absolute Gasteiger partial charge is 0.259 e. The number of halogens is 1. The second kappa shape index (κ2) is 5.35. The molecule has 3 aromatic rings. The van der Waals surface area contributed by atoms with Gasteiger partial charge in [-0.05, 0) is 37.1 Å². The molecular weight excluding hydrogens is 297 g/mol. The fourth-order valence-corrected chi connectivity index (χ4v) is 2.41. The zero-order chi connectivity index (χ0) is 15.8. The van der Waals surface area contributed by atoms with E-state index in [-0.39, 0.29) is 5.69 Å². The first-order valence-corrected chi connectivity index (χ1v) is 7.38. The zero-order valence-corrected chi connectivity index (χ0v) is 12.2. The van der Waals surface area contributed by atoms with Crippen LogP contribution in [0.3, 0.4) is 0 Å². The predicted octanol–water partition coefficient (Wildman–Crippen LogP) is 2.70. The number of carbonyl (C=O) groups excluding carboxylic acids is 1. The van der Waals surface area contributed by atoms with Crippen LogP contribution in [0.15, 0.2) is 42.7 Å². The van der Waals surface area contributed by atoms with Gasteiger partial charge in [0.25, 0.3) is 5.91 Å². The van der Waals surface area contributed by atoms with Gasteiger partial charge in [-0.15, -0.1) is 0 Å². The molecular formula is C16H14FN5O. The summed E-state index contributed by atoms with van der Waals surface area (Å²) in [7, 11) is 0. The number of benzene rings is 1. The summed E-state index contributed by atoms with van der Waals surface area (Å²) in [4.78, 5) is 12.5. The second-order valence-corrected chi connectivity index (χ2v) is 5.49. The van der Waals surface area contributed by atoms with E-state index in [2.05, 4.69) is 20.8 Å². The molecule has 1 saturated carbocycles. The summed E-state index contributed by atoms with van der Waals surface area (Å²) in [5.74, 6) is -0.893. The van der Waals surface area contributed by atoms with E-state index < -0.39 is 11.7 Å². The van der Waals surface area contributed by atoms with Crippen LogP contribution in [-0.4, -0.2) is 26.8 Å². The molecule has 0 saturated heterocycles. The van der Waals surface area contributed by atoms with Crippen molar-refractivity contribution in [2.75, 3.05) is 10.6 Å². The SMILES string of the molecule is O=C(Nc1c(F)cccc1NC1CC1)c1cnn2ncccc12. The van der Waals surface area contributed by atoms with Crippen molar-refractivity contribution in [1.82, 2.24) is 14.8 Å². The third kappa shape index (κ3) is 2.61. The number of nitrogens with zero attached hydrogens (tertiary/aromatic N) is 3. The van der Waals surface area contributed by atoms with Gasteiger partial charge in [-0.2, -0.15) is 14.8 Å². The predicted molar refractivity (Wildman–Crippen MR) is 84.0 cm³/mol. The summed E-state index contributed by atoms with van der Waals surface area (Å²) in [6.07, 6.45) is 5.12. The molecule has 2 aromatic heterocycles. The summed E-state index contributed by atoms with van der Waals surface area (Å²) in [5, 5.41) is 13.9. The van der Waals surface area contributed by atoms with Crippen molar-refractivity contribution >= 4 is 22.8 Å². The van der Waals surface area contributed by atoms with Crippen molar-refractivity contribution in [3.05, 3.63) is 54.1 Å². The third-order valence-electron chi connectivity index (χ3n) is 3.74. The Bertz CT molecular complexity index is 887. The number of carbonyl (C=O) groups is 1. The highest BCUT2D eigenvalue weighted by Gasteiger charge is 2.24. The molecule has 0 atom stereocenters. The molecule has 6 nitrogen and oxygen atoms in total. The summed E-state index contributed by atoms with van der Waals surface area (Å²) in [5.41, 5.74) is 1.67. The number of hydrogen-bond donors (Lipinski definition) is 2. The van der Waals surface area contributed by atoms with E-state index >= 15 is 0 Å². The standard InChI is InChI=1S/C16H14FN5O/c17-12-3-1-4-13(20-10-6-7-10)15(12)21-16(23)11-9-19-22-14(11)5-2-8-18-22/h1-5,8-10,20H,6-7H2,(H,21,23). The molecule has 1 fully saturated rings. The van der Waals surface area contributed by atoms with Gasteiger partial charge < -0.3 is 10.6 Å². The van der Waals surface area contributed by atoms with Crippen LogP contribution in [0.1, 0.15) is 23.2 Å². The lowest BCUT2D eigenvalue weighted by Gasteiger charge is -2.13. The van der Waals surface area contributed by atoms with E-state index in [4.69, 9.17) is 0 Å². The molecule has 0 radical (unpaired) electrons. The third-order valence-corrected chi connectivity index (χ3v) is 3.74. The van der Waals surface area contributed by atoms with Crippen LogP contribution in [0.5, 0.6) is 0 Å². The molecule has 1 aliphatic carbocycles. The van der Waals surface area contributed by atoms with Crippen LogP contribution in [0.25, 0.3) is 5.52 Å². The molecule has 2 N–H and O–H groups in total. The van der Waals surface area contributed by atoms with Crippen LogP contribution in [-0.2, 0) is 0 Å². The van der Waals surface area contributed by atoms with Gasteiger partial charge in [0.05, 0.1) is 17.4 Å². The monoisotopic (exact) mass is 311 g/mol. The maximum Gasteiger partial charge on any atom is 0.259 e. The van der Waals surface area contributed by atoms with Gasteiger partial charge in [0.1, 0.15) is 17.0 Å². The molecule has 1 amide bonds. The van der Waals surface area contributed by atoms with Gasteiger partial charge in [-0.3, -0.25) is 4.79 Å². The number of nitrogens with one attached hydrogen (secondary N) is 2. The van der Waals surface area contributed by atoms with Crippen molar-refractivity contribution in [1.29, 1.82) is 0 Å². The fraction of sp³-hybridized carbons (Fsp3) is 0.188. The quantitative estimate of drug-likeness (QED) is 0.777. The Balaban J connectivity index is 1.66. The topological polar surface area (TPSA) is 71.3 Å². The van der Waals surface area contributed by atoms with E-state index in [1.807, 2.05) is 0 Å². The lowest BCUT2D eigenvalue weighted by molar-refractivity contribution is 0.102. The van der Waals surface area contributed by atoms with Gasteiger partial charge in [0.15, 0.2) is 0 Å². The Hall–Kier alpha value is -2.96. The number of hydrogen-bond acceptors (Lipinski definition) is 4. The van der Waals surface area contributed by atoms with E-state index in [0.29, 0.717) is 22.8 Å². The average Bonchev–Trinajstić information content (AvgIpc) is 3.26. The number of anilines is 2. The maximum atomic E-state index is 14.1. The number of amides is 1. The Morgan fingerprint density at radius 1 is 1.22 bits per heavy atom. The summed E-state index contributed by atoms with van der Waals surface area (Å²) in [6, 6.07) is 8.51. The minimum atomic E-state index is -0.474. The molecule has 0 unspecified atom stereocenters. The van der Waals surface area contributed by atoms with E-state index in [1.165, 1.54) is 16.9 Å². The molecule has 1 aromatic carbocycles. The molecule has 7 heteroatoms. The van der Waals surface area contributed by atoms with E-state index in [0.717, 1.165) is 12.8 Å². The van der Waals surface area contributed by atoms with Crippen LogP contribution >= 0.6 is 0 Å². The Kier molecular flexibility index (Phi) is 3.18. The maximum absolute atomic E-state index is 14.1. The Morgan fingerprint density at radius 2 is 2.09 bits per heavy atom. The first kappa shape index (κ1) is 13.7. The van der Waals surface area contributed by atoms with Gasteiger partial charge in [-0.1, -0.05) is 6.07 Å². The largest absolute Gasteiger partial charge is 0.381 e. The molecule has 0 spiro atoms. The molecule has 0 bridgehead atoms. The van der Waals surface area contributed by atoms with Gasteiger partial charge >= 0.3 is 0 Å². The normalized spacial score (nSPS) is 14.0. The lowest BCUT2D eigenvalue weighted by atomic mass is 10.2. The minimum absolute atomic E-state index is 0.160. The highest BCUT2D eigenvalue weighted by Crippen LogP contribution is 2.31. The summed E-state index contributed by atoms with van der Waals surface area (Å²) in [6.45, 7) is 0. The van der Waals surface area contributed by atoms with E-state index in [9.17, 15) is 9.18 Å². The molecule has 1 aliphatic rings. The molecule has 116 valence electrons. The first-order chi connectivity index (χ1) is 11.2. The van der Waals surface area contributed by atoms with Crippen LogP contribution in [0.2, 0.25) is 0 Å². The summed E-state index contributed by atoms with van der Waals surface area (Å²) >= 11 is 0. The average molecular weight is 311 g/mol. The fourth-order valence-electron chi connectivity index (χ4n) is 2.41. The second-order valence-electron chi connectivity index (χ2n) is 5.49. The Labute approximate surface area is 131 Å². The number of fused-ring (bicyclic) bond motifs is 1. The summed E-state index contributed by atoms with van der Waals surface area (Å²) < 4.78 is 15.5. The molecule has 2 heterocycles. The number of aromatic nitrogens is 3. The molecule has 4 rings (SSSR count). The molecule has 23 heavy (non-hydrogen) atoms. The van der Waals surface area contributed by atoms with Gasteiger partial charge in [0.2, 0.25) is 0 Å². The van der Waals surface area contributed by atoms with Crippen molar-refractivity contribution in [2.24, 2.45) is 0 Å². The molecule has 0 aliphatic heterocycles. The Morgan fingerprint density at radius 3 is 2.91 bits per heavy atom. The van der Waals surface area contributed by atoms with Crippen LogP contribution in [0, 0.1) is 5.82 Å². The lowest BCUT2D eigenvalue weighted by Crippen LogP contribution is -2.15. The highest BCUT2D eigenvalue weighted by molar-refractivity contribution is 6.10. The first-order valence-electron chi connectivity index (χ1n) is 7.38. The van der Waals surface area contributed by atoms with Gasteiger partial charge in [-0.25, -0.2) is 4.39 Å². The number of para-hydroxylation sites is 1. The highest BCUT2D eigenvalue weighted by atomic mass is 19.1.